The highest BCUT2D eigenvalue weighted by Crippen LogP contribution is 2.44. The van der Waals surface area contributed by atoms with E-state index < -0.39 is 17.7 Å². The van der Waals surface area contributed by atoms with E-state index in [2.05, 4.69) is 54.1 Å². The molecule has 1 aliphatic carbocycles. The Morgan fingerprint density at radius 3 is 2.05 bits per heavy atom. The van der Waals surface area contributed by atoms with E-state index in [1.165, 1.54) is 22.3 Å². The van der Waals surface area contributed by atoms with Gasteiger partial charge in [0.2, 0.25) is 5.91 Å². The van der Waals surface area contributed by atoms with E-state index in [4.69, 9.17) is 9.47 Å². The normalized spacial score (nSPS) is 16.3. The minimum Gasteiger partial charge on any atom is -0.448 e. The number of likely N-dealkylation sites (N-methyl/N-ethyl adjacent to an activating group) is 1. The zero-order valence-electron chi connectivity index (χ0n) is 26.3. The van der Waals surface area contributed by atoms with E-state index in [9.17, 15) is 14.4 Å². The molecule has 3 aromatic carbocycles. The van der Waals surface area contributed by atoms with Crippen molar-refractivity contribution < 1.29 is 28.3 Å². The number of anilines is 1. The molecular formula is C35H43N4O5+. The molecule has 0 spiro atoms. The third-order valence-electron chi connectivity index (χ3n) is 8.33. The van der Waals surface area contributed by atoms with Crippen LogP contribution in [0.25, 0.3) is 11.1 Å². The van der Waals surface area contributed by atoms with Gasteiger partial charge >= 0.3 is 12.2 Å². The minimum atomic E-state index is -0.748. The molecule has 1 saturated heterocycles. The zero-order chi connectivity index (χ0) is 31.5. The largest absolute Gasteiger partial charge is 0.448 e. The molecule has 3 amide bonds. The number of nitrogens with one attached hydrogen (secondary N) is 2. The standard InChI is InChI=1S/C35H42N4O5/c1-24(36-33(41)44-35(2,3)4)32(40)37-26-16-14-25(15-17-26)22-39(5)20-18-38(19-21-39)34(42)43-23-31-29-12-8-6-10-27(29)28-11-7-9-13-30(28)31/h6-17,24,31H,18-23H2,1-5H3,(H-,36,37,40,41)/p+1. The van der Waals surface area contributed by atoms with Gasteiger partial charge in [-0.2, -0.15) is 0 Å². The smallest absolute Gasteiger partial charge is 0.410 e. The van der Waals surface area contributed by atoms with Crippen molar-refractivity contribution in [1.29, 1.82) is 0 Å². The van der Waals surface area contributed by atoms with Gasteiger partial charge in [-0.15, -0.1) is 0 Å². The van der Waals surface area contributed by atoms with Crippen molar-refractivity contribution in [3.05, 3.63) is 89.5 Å². The van der Waals surface area contributed by atoms with E-state index in [1.54, 1.807) is 27.7 Å². The van der Waals surface area contributed by atoms with Gasteiger partial charge in [-0.3, -0.25) is 9.69 Å². The number of piperazine rings is 1. The molecule has 2 aliphatic rings. The van der Waals surface area contributed by atoms with Gasteiger partial charge in [0.25, 0.3) is 0 Å². The van der Waals surface area contributed by atoms with Gasteiger partial charge in [0.1, 0.15) is 24.8 Å². The van der Waals surface area contributed by atoms with Crippen LogP contribution < -0.4 is 10.6 Å². The molecule has 1 aliphatic heterocycles. The fourth-order valence-electron chi connectivity index (χ4n) is 5.91. The minimum absolute atomic E-state index is 0.0504. The summed E-state index contributed by atoms with van der Waals surface area (Å²) in [4.78, 5) is 39.4. The number of hydrogen-bond donors (Lipinski definition) is 2. The van der Waals surface area contributed by atoms with Crippen LogP contribution in [0, 0.1) is 0 Å². The van der Waals surface area contributed by atoms with E-state index in [-0.39, 0.29) is 17.9 Å². The Hall–Kier alpha value is -4.37. The fourth-order valence-corrected chi connectivity index (χ4v) is 5.91. The molecule has 1 atom stereocenters. The number of rotatable bonds is 7. The molecule has 1 fully saturated rings. The second kappa shape index (κ2) is 12.7. The van der Waals surface area contributed by atoms with Crippen LogP contribution in [0.3, 0.4) is 0 Å². The summed E-state index contributed by atoms with van der Waals surface area (Å²) in [5.74, 6) is -0.277. The molecule has 44 heavy (non-hydrogen) atoms. The molecular weight excluding hydrogens is 556 g/mol. The first-order valence-corrected chi connectivity index (χ1v) is 15.2. The number of quaternary nitrogens is 1. The summed E-state index contributed by atoms with van der Waals surface area (Å²) in [5.41, 5.74) is 6.01. The average Bonchev–Trinajstić information content (AvgIpc) is 3.29. The van der Waals surface area contributed by atoms with Crippen LogP contribution in [-0.4, -0.2) is 79.0 Å². The molecule has 3 aromatic rings. The quantitative estimate of drug-likeness (QED) is 0.337. The lowest BCUT2D eigenvalue weighted by molar-refractivity contribution is -0.926. The molecule has 0 bridgehead atoms. The number of amides is 3. The van der Waals surface area contributed by atoms with Crippen molar-refractivity contribution in [2.45, 2.75) is 51.8 Å². The molecule has 1 unspecified atom stereocenters. The van der Waals surface area contributed by atoms with Gasteiger partial charge in [-0.1, -0.05) is 60.7 Å². The van der Waals surface area contributed by atoms with Crippen molar-refractivity contribution in [3.63, 3.8) is 0 Å². The van der Waals surface area contributed by atoms with Crippen molar-refractivity contribution in [2.75, 3.05) is 45.2 Å². The fraction of sp³-hybridized carbons (Fsp3) is 0.400. The maximum Gasteiger partial charge on any atom is 0.410 e. The molecule has 232 valence electrons. The van der Waals surface area contributed by atoms with Crippen LogP contribution in [0.1, 0.15) is 50.3 Å². The van der Waals surface area contributed by atoms with Gasteiger partial charge in [0.05, 0.1) is 33.2 Å². The Morgan fingerprint density at radius 1 is 0.909 bits per heavy atom. The highest BCUT2D eigenvalue weighted by Gasteiger charge is 2.34. The average molecular weight is 600 g/mol. The Bertz CT molecular complexity index is 1460. The third-order valence-corrected chi connectivity index (χ3v) is 8.33. The number of fused-ring (bicyclic) bond motifs is 3. The van der Waals surface area contributed by atoms with Gasteiger partial charge in [0.15, 0.2) is 0 Å². The van der Waals surface area contributed by atoms with Crippen LogP contribution in [0.2, 0.25) is 0 Å². The van der Waals surface area contributed by atoms with Gasteiger partial charge < -0.3 is 24.6 Å². The Kier molecular flexibility index (Phi) is 8.97. The molecule has 5 rings (SSSR count). The summed E-state index contributed by atoms with van der Waals surface area (Å²) in [6.45, 7) is 10.9. The Balaban J connectivity index is 1.08. The van der Waals surface area contributed by atoms with Crippen molar-refractivity contribution >= 4 is 23.8 Å². The first-order valence-electron chi connectivity index (χ1n) is 15.2. The zero-order valence-corrected chi connectivity index (χ0v) is 26.3. The predicted octanol–water partition coefficient (Wildman–Crippen LogP) is 5.75. The number of nitrogens with zero attached hydrogens (tertiary/aromatic N) is 2. The number of alkyl carbamates (subject to hydrolysis) is 1. The molecule has 0 radical (unpaired) electrons. The van der Waals surface area contributed by atoms with Crippen LogP contribution in [-0.2, 0) is 20.8 Å². The van der Waals surface area contributed by atoms with Crippen LogP contribution >= 0.6 is 0 Å². The topological polar surface area (TPSA) is 97.0 Å². The summed E-state index contributed by atoms with van der Waals surface area (Å²) in [6, 6.07) is 23.7. The SMILES string of the molecule is CC(NC(=O)OC(C)(C)C)C(=O)Nc1ccc(C[N+]2(C)CCN(C(=O)OCC3c4ccccc4-c4ccccc43)CC2)cc1. The second-order valence-corrected chi connectivity index (χ2v) is 13.1. The van der Waals surface area contributed by atoms with Crippen LogP contribution in [0.5, 0.6) is 0 Å². The van der Waals surface area contributed by atoms with E-state index in [1.807, 2.05) is 41.3 Å². The first kappa shape index (κ1) is 31.1. The predicted molar refractivity (Wildman–Crippen MR) is 170 cm³/mol. The van der Waals surface area contributed by atoms with Crippen molar-refractivity contribution in [2.24, 2.45) is 0 Å². The third kappa shape index (κ3) is 7.39. The lowest BCUT2D eigenvalue weighted by Crippen LogP contribution is -2.57. The Labute approximate surface area is 259 Å². The summed E-state index contributed by atoms with van der Waals surface area (Å²) in [7, 11) is 2.20. The maximum absolute atomic E-state index is 13.1. The highest BCUT2D eigenvalue weighted by atomic mass is 16.6. The number of carbonyl (C=O) groups excluding carboxylic acids is 3. The Morgan fingerprint density at radius 2 is 1.48 bits per heavy atom. The summed E-state index contributed by atoms with van der Waals surface area (Å²) in [5, 5.41) is 5.40. The first-order chi connectivity index (χ1) is 20.9. The van der Waals surface area contributed by atoms with Crippen molar-refractivity contribution in [1.82, 2.24) is 10.2 Å². The lowest BCUT2D eigenvalue weighted by Gasteiger charge is -2.41. The van der Waals surface area contributed by atoms with Crippen molar-refractivity contribution in [3.8, 4) is 11.1 Å². The van der Waals surface area contributed by atoms with E-state index >= 15 is 0 Å². The number of hydrogen-bond acceptors (Lipinski definition) is 5. The molecule has 2 N–H and O–H groups in total. The van der Waals surface area contributed by atoms with E-state index in [0.29, 0.717) is 25.4 Å². The highest BCUT2D eigenvalue weighted by molar-refractivity contribution is 5.96. The van der Waals surface area contributed by atoms with Crippen LogP contribution in [0.4, 0.5) is 15.3 Å². The molecule has 0 saturated carbocycles. The molecule has 9 nitrogen and oxygen atoms in total. The molecule has 0 aromatic heterocycles. The number of ether oxygens (including phenoxy) is 2. The number of benzene rings is 3. The summed E-state index contributed by atoms with van der Waals surface area (Å²) >= 11 is 0. The van der Waals surface area contributed by atoms with Gasteiger partial charge in [-0.25, -0.2) is 9.59 Å². The second-order valence-electron chi connectivity index (χ2n) is 13.1. The van der Waals surface area contributed by atoms with Crippen LogP contribution in [0.15, 0.2) is 72.8 Å². The maximum atomic E-state index is 13.1. The van der Waals surface area contributed by atoms with Gasteiger partial charge in [0, 0.05) is 17.2 Å². The van der Waals surface area contributed by atoms with Gasteiger partial charge in [-0.05, 0) is 62.1 Å². The monoisotopic (exact) mass is 599 g/mol. The summed E-state index contributed by atoms with van der Waals surface area (Å²) < 4.78 is 11.9. The molecule has 1 heterocycles. The molecule has 9 heteroatoms. The number of carbonyl (C=O) groups is 3. The summed E-state index contributed by atoms with van der Waals surface area (Å²) in [6.07, 6.45) is -0.889. The lowest BCUT2D eigenvalue weighted by atomic mass is 9.98. The van der Waals surface area contributed by atoms with E-state index in [0.717, 1.165) is 29.7 Å².